The van der Waals surface area contributed by atoms with Gasteiger partial charge in [0.1, 0.15) is 6.54 Å². The zero-order valence-electron chi connectivity index (χ0n) is 11.3. The number of aromatic carboxylic acids is 1. The highest BCUT2D eigenvalue weighted by Gasteiger charge is 2.17. The average Bonchev–Trinajstić information content (AvgIpc) is 2.94. The van der Waals surface area contributed by atoms with Crippen LogP contribution in [0.5, 0.6) is 0 Å². The summed E-state index contributed by atoms with van der Waals surface area (Å²) in [6, 6.07) is 0. The summed E-state index contributed by atoms with van der Waals surface area (Å²) >= 11 is 0. The molecule has 2 rings (SSSR count). The molecule has 1 aromatic rings. The van der Waals surface area contributed by atoms with Crippen LogP contribution in [0.15, 0.2) is 6.20 Å². The van der Waals surface area contributed by atoms with E-state index in [1.54, 1.807) is 4.90 Å². The molecule has 0 unspecified atom stereocenters. The van der Waals surface area contributed by atoms with Crippen LogP contribution in [0.1, 0.15) is 10.5 Å². The maximum absolute atomic E-state index is 11.8. The predicted molar refractivity (Wildman–Crippen MR) is 69.4 cm³/mol. The van der Waals surface area contributed by atoms with E-state index in [-0.39, 0.29) is 24.7 Å². The molecule has 114 valence electrons. The Hall–Kier alpha value is -2.49. The van der Waals surface area contributed by atoms with E-state index >= 15 is 0 Å². The van der Waals surface area contributed by atoms with Crippen molar-refractivity contribution in [3.63, 3.8) is 0 Å². The molecule has 1 aromatic heterocycles. The second-order valence-electron chi connectivity index (χ2n) is 4.51. The van der Waals surface area contributed by atoms with Crippen molar-refractivity contribution in [1.82, 2.24) is 30.5 Å². The minimum atomic E-state index is -1.21. The number of carboxylic acid groups (broad SMARTS) is 1. The highest BCUT2D eigenvalue weighted by Crippen LogP contribution is 1.94. The summed E-state index contributed by atoms with van der Waals surface area (Å²) in [5.74, 6) is -1.79. The molecule has 0 aromatic carbocycles. The molecule has 2 heterocycles. The zero-order valence-corrected chi connectivity index (χ0v) is 11.3. The molecule has 10 nitrogen and oxygen atoms in total. The monoisotopic (exact) mass is 296 g/mol. The Bertz CT molecular complexity index is 537. The first-order valence-corrected chi connectivity index (χ1v) is 6.45. The largest absolute Gasteiger partial charge is 0.476 e. The second-order valence-corrected chi connectivity index (χ2v) is 4.51. The SMILES string of the molecule is O=C(Cn1cc(C(=O)O)nn1)NCC(=O)N1CCNCC1. The Morgan fingerprint density at radius 2 is 2.05 bits per heavy atom. The van der Waals surface area contributed by atoms with Gasteiger partial charge >= 0.3 is 5.97 Å². The van der Waals surface area contributed by atoms with Crippen LogP contribution in [0, 0.1) is 0 Å². The van der Waals surface area contributed by atoms with Crippen molar-refractivity contribution < 1.29 is 19.5 Å². The van der Waals surface area contributed by atoms with Crippen molar-refractivity contribution in [2.45, 2.75) is 6.54 Å². The Kier molecular flexibility index (Phi) is 4.82. The van der Waals surface area contributed by atoms with Crippen LogP contribution < -0.4 is 10.6 Å². The van der Waals surface area contributed by atoms with Gasteiger partial charge in [-0.2, -0.15) is 0 Å². The number of carbonyl (C=O) groups is 3. The van der Waals surface area contributed by atoms with E-state index < -0.39 is 11.9 Å². The average molecular weight is 296 g/mol. The van der Waals surface area contributed by atoms with Crippen LogP contribution in [0.4, 0.5) is 0 Å². The van der Waals surface area contributed by atoms with Gasteiger partial charge in [-0.1, -0.05) is 5.21 Å². The van der Waals surface area contributed by atoms with Crippen LogP contribution in [-0.2, 0) is 16.1 Å². The maximum Gasteiger partial charge on any atom is 0.358 e. The summed E-state index contributed by atoms with van der Waals surface area (Å²) in [6.45, 7) is 2.47. The molecule has 0 aliphatic carbocycles. The fraction of sp³-hybridized carbons (Fsp3) is 0.545. The van der Waals surface area contributed by atoms with E-state index in [0.29, 0.717) is 13.1 Å². The molecule has 1 aliphatic heterocycles. The second kappa shape index (κ2) is 6.79. The number of rotatable bonds is 5. The van der Waals surface area contributed by atoms with E-state index in [0.717, 1.165) is 24.0 Å². The molecule has 2 amide bonds. The smallest absolute Gasteiger partial charge is 0.358 e. The van der Waals surface area contributed by atoms with Crippen molar-refractivity contribution in [1.29, 1.82) is 0 Å². The van der Waals surface area contributed by atoms with Crippen molar-refractivity contribution >= 4 is 17.8 Å². The van der Waals surface area contributed by atoms with E-state index in [2.05, 4.69) is 20.9 Å². The van der Waals surface area contributed by atoms with Crippen molar-refractivity contribution in [3.05, 3.63) is 11.9 Å². The number of amides is 2. The third-order valence-corrected chi connectivity index (χ3v) is 2.97. The number of carboxylic acids is 1. The lowest BCUT2D eigenvalue weighted by Crippen LogP contribution is -2.49. The fourth-order valence-corrected chi connectivity index (χ4v) is 1.88. The van der Waals surface area contributed by atoms with Gasteiger partial charge < -0.3 is 20.6 Å². The molecule has 0 bridgehead atoms. The molecule has 0 saturated carbocycles. The van der Waals surface area contributed by atoms with Crippen LogP contribution in [0.2, 0.25) is 0 Å². The molecular formula is C11H16N6O4. The number of hydrogen-bond donors (Lipinski definition) is 3. The van der Waals surface area contributed by atoms with Gasteiger partial charge in [-0.25, -0.2) is 9.48 Å². The number of hydrogen-bond acceptors (Lipinski definition) is 6. The van der Waals surface area contributed by atoms with Gasteiger partial charge in [0.2, 0.25) is 11.8 Å². The lowest BCUT2D eigenvalue weighted by molar-refractivity contribution is -0.133. The van der Waals surface area contributed by atoms with Gasteiger partial charge in [0.05, 0.1) is 12.7 Å². The highest BCUT2D eigenvalue weighted by molar-refractivity contribution is 5.85. The van der Waals surface area contributed by atoms with Gasteiger partial charge in [-0.05, 0) is 0 Å². The quantitative estimate of drug-likeness (QED) is 0.548. The molecule has 1 aliphatic rings. The van der Waals surface area contributed by atoms with Crippen molar-refractivity contribution in [2.24, 2.45) is 0 Å². The van der Waals surface area contributed by atoms with Crippen LogP contribution in [0.25, 0.3) is 0 Å². The molecule has 0 radical (unpaired) electrons. The summed E-state index contributed by atoms with van der Waals surface area (Å²) in [7, 11) is 0. The standard InChI is InChI=1S/C11H16N6O4/c18-9(7-17-6-8(11(20)21)14-15-17)13-5-10(19)16-3-1-12-2-4-16/h6,12H,1-5,7H2,(H,13,18)(H,20,21). The Morgan fingerprint density at radius 1 is 1.33 bits per heavy atom. The highest BCUT2D eigenvalue weighted by atomic mass is 16.4. The molecule has 10 heteroatoms. The Balaban J connectivity index is 1.76. The van der Waals surface area contributed by atoms with Crippen LogP contribution in [-0.4, -0.2) is 75.5 Å². The summed E-state index contributed by atoms with van der Waals surface area (Å²) in [4.78, 5) is 35.8. The van der Waals surface area contributed by atoms with Gasteiger partial charge in [0, 0.05) is 26.2 Å². The molecule has 1 fully saturated rings. The molecule has 3 N–H and O–H groups in total. The van der Waals surface area contributed by atoms with E-state index in [1.165, 1.54) is 0 Å². The Morgan fingerprint density at radius 3 is 2.67 bits per heavy atom. The number of carbonyl (C=O) groups excluding carboxylic acids is 2. The predicted octanol–water partition coefficient (Wildman–Crippen LogP) is -2.48. The van der Waals surface area contributed by atoms with Gasteiger partial charge in [-0.15, -0.1) is 5.10 Å². The van der Waals surface area contributed by atoms with E-state index in [9.17, 15) is 14.4 Å². The summed E-state index contributed by atoms with van der Waals surface area (Å²) in [6.07, 6.45) is 1.15. The first-order valence-electron chi connectivity index (χ1n) is 6.45. The minimum Gasteiger partial charge on any atom is -0.476 e. The van der Waals surface area contributed by atoms with E-state index in [1.807, 2.05) is 0 Å². The van der Waals surface area contributed by atoms with Gasteiger partial charge in [-0.3, -0.25) is 9.59 Å². The topological polar surface area (TPSA) is 129 Å². The van der Waals surface area contributed by atoms with Gasteiger partial charge in [0.15, 0.2) is 5.69 Å². The molecule has 0 spiro atoms. The first-order chi connectivity index (χ1) is 10.1. The maximum atomic E-state index is 11.8. The number of aromatic nitrogens is 3. The third-order valence-electron chi connectivity index (χ3n) is 2.97. The molecule has 21 heavy (non-hydrogen) atoms. The normalized spacial score (nSPS) is 14.8. The van der Waals surface area contributed by atoms with Crippen molar-refractivity contribution in [3.8, 4) is 0 Å². The summed E-state index contributed by atoms with van der Waals surface area (Å²) < 4.78 is 1.11. The van der Waals surface area contributed by atoms with Crippen LogP contribution >= 0.6 is 0 Å². The Labute approximate surface area is 120 Å². The molecule has 1 saturated heterocycles. The molecule has 0 atom stereocenters. The first kappa shape index (κ1) is 14.9. The van der Waals surface area contributed by atoms with Crippen molar-refractivity contribution in [2.75, 3.05) is 32.7 Å². The molecular weight excluding hydrogens is 280 g/mol. The fourth-order valence-electron chi connectivity index (χ4n) is 1.88. The van der Waals surface area contributed by atoms with E-state index in [4.69, 9.17) is 5.11 Å². The number of nitrogens with zero attached hydrogens (tertiary/aromatic N) is 4. The zero-order chi connectivity index (χ0) is 15.2. The summed E-state index contributed by atoms with van der Waals surface area (Å²) in [5, 5.41) is 21.2. The van der Waals surface area contributed by atoms with Gasteiger partial charge in [0.25, 0.3) is 0 Å². The minimum absolute atomic E-state index is 0.0840. The van der Waals surface area contributed by atoms with Crippen LogP contribution in [0.3, 0.4) is 0 Å². The third kappa shape index (κ3) is 4.24. The summed E-state index contributed by atoms with van der Waals surface area (Å²) in [5.41, 5.74) is -0.236. The lowest BCUT2D eigenvalue weighted by Gasteiger charge is -2.27. The lowest BCUT2D eigenvalue weighted by atomic mass is 10.3. The number of nitrogens with one attached hydrogen (secondary N) is 2. The number of piperazine rings is 1.